The highest BCUT2D eigenvalue weighted by Gasteiger charge is 2.34. The third kappa shape index (κ3) is 4.49. The average Bonchev–Trinajstić information content (AvgIpc) is 3.23. The number of hydrogen-bond acceptors (Lipinski definition) is 7. The second-order valence-electron chi connectivity index (χ2n) is 9.69. The minimum absolute atomic E-state index is 0.0245. The van der Waals surface area contributed by atoms with E-state index in [1.807, 2.05) is 0 Å². The van der Waals surface area contributed by atoms with Gasteiger partial charge in [0, 0.05) is 17.7 Å². The molecule has 2 saturated carbocycles. The van der Waals surface area contributed by atoms with Crippen LogP contribution in [0.1, 0.15) is 85.6 Å². The van der Waals surface area contributed by atoms with Crippen molar-refractivity contribution in [2.24, 2.45) is 0 Å². The molecule has 3 aliphatic rings. The third-order valence-corrected chi connectivity index (χ3v) is 8.73. The number of esters is 1. The normalized spacial score (nSPS) is 23.6. The highest BCUT2D eigenvalue weighted by atomic mass is 32.2. The fourth-order valence-corrected chi connectivity index (χ4v) is 6.66. The van der Waals surface area contributed by atoms with Crippen molar-refractivity contribution < 1.29 is 22.7 Å². The monoisotopic (exact) mass is 474 g/mol. The summed E-state index contributed by atoms with van der Waals surface area (Å²) < 4.78 is 31.4. The molecule has 0 aromatic carbocycles. The molecule has 2 aromatic heterocycles. The summed E-state index contributed by atoms with van der Waals surface area (Å²) in [6.07, 6.45) is 5.67. The number of aryl methyl sites for hydroxylation is 1. The van der Waals surface area contributed by atoms with Crippen molar-refractivity contribution in [1.82, 2.24) is 20.1 Å². The topological polar surface area (TPSA) is 120 Å². The van der Waals surface area contributed by atoms with E-state index in [9.17, 15) is 18.0 Å². The zero-order chi connectivity index (χ0) is 23.3. The number of amides is 1. The summed E-state index contributed by atoms with van der Waals surface area (Å²) in [5.74, 6) is -0.439. The van der Waals surface area contributed by atoms with Gasteiger partial charge in [0.1, 0.15) is 0 Å². The Kier molecular flexibility index (Phi) is 5.66. The van der Waals surface area contributed by atoms with Crippen molar-refractivity contribution in [2.45, 2.75) is 82.9 Å². The molecule has 2 atom stereocenters. The number of nitrogens with zero attached hydrogens (tertiary/aromatic N) is 3. The predicted molar refractivity (Wildman–Crippen MR) is 122 cm³/mol. The lowest BCUT2D eigenvalue weighted by molar-refractivity contribution is -0.129. The fourth-order valence-electron chi connectivity index (χ4n) is 4.97. The van der Waals surface area contributed by atoms with E-state index < -0.39 is 21.9 Å². The average molecular weight is 475 g/mol. The smallest absolute Gasteiger partial charge is 0.339 e. The predicted octanol–water partition coefficient (Wildman–Crippen LogP) is 2.58. The molecule has 2 aromatic rings. The molecule has 0 radical (unpaired) electrons. The molecule has 33 heavy (non-hydrogen) atoms. The van der Waals surface area contributed by atoms with Gasteiger partial charge in [0.25, 0.3) is 5.91 Å². The van der Waals surface area contributed by atoms with Crippen LogP contribution in [-0.2, 0) is 19.4 Å². The van der Waals surface area contributed by atoms with Gasteiger partial charge in [-0.15, -0.1) is 0 Å². The Labute approximate surface area is 193 Å². The Balaban J connectivity index is 1.45. The Bertz CT molecular complexity index is 1210. The van der Waals surface area contributed by atoms with Crippen LogP contribution in [0.25, 0.3) is 11.0 Å². The van der Waals surface area contributed by atoms with E-state index in [4.69, 9.17) is 9.72 Å². The summed E-state index contributed by atoms with van der Waals surface area (Å²) >= 11 is 0. The Morgan fingerprint density at radius 2 is 1.91 bits per heavy atom. The minimum atomic E-state index is -3.10. The lowest BCUT2D eigenvalue weighted by atomic mass is 10.1. The number of rotatable bonds is 6. The zero-order valence-electron chi connectivity index (χ0n) is 19.0. The molecular weight excluding hydrogens is 444 g/mol. The molecule has 10 heteroatoms. The molecule has 3 heterocycles. The van der Waals surface area contributed by atoms with Crippen LogP contribution in [0.4, 0.5) is 0 Å². The molecule has 1 aliphatic heterocycles. The molecule has 2 aliphatic carbocycles. The van der Waals surface area contributed by atoms with E-state index in [0.29, 0.717) is 28.7 Å². The second kappa shape index (κ2) is 8.38. The molecule has 178 valence electrons. The van der Waals surface area contributed by atoms with E-state index in [-0.39, 0.29) is 35.4 Å². The standard InChI is InChI=1S/C23H30N4O5S/c1-13-20-18(23(29)32-14(2)22(28)24-16-5-3-4-6-16)11-19(15-7-8-15)25-21(20)27(26-13)17-9-10-33(30,31)12-17/h11,14-17H,3-10,12H2,1-2H3,(H,24,28)/t14-,17-/m1/s1. The SMILES string of the molecule is Cc1nn([C@@H]2CCS(=O)(=O)C2)c2nc(C3CC3)cc(C(=O)O[C@H](C)C(=O)NC3CCCC3)c12. The summed E-state index contributed by atoms with van der Waals surface area (Å²) in [5, 5.41) is 8.12. The first-order valence-electron chi connectivity index (χ1n) is 11.8. The highest BCUT2D eigenvalue weighted by Crippen LogP contribution is 2.41. The molecule has 1 amide bonds. The number of pyridine rings is 1. The van der Waals surface area contributed by atoms with Crippen LogP contribution in [-0.4, -0.2) is 58.7 Å². The van der Waals surface area contributed by atoms with Gasteiger partial charge in [-0.25, -0.2) is 22.9 Å². The van der Waals surface area contributed by atoms with Crippen LogP contribution >= 0.6 is 0 Å². The van der Waals surface area contributed by atoms with Gasteiger partial charge in [-0.3, -0.25) is 4.79 Å². The van der Waals surface area contributed by atoms with Crippen LogP contribution in [0.5, 0.6) is 0 Å². The zero-order valence-corrected chi connectivity index (χ0v) is 19.9. The third-order valence-electron chi connectivity index (χ3n) is 6.98. The summed E-state index contributed by atoms with van der Waals surface area (Å²) in [4.78, 5) is 30.6. The van der Waals surface area contributed by atoms with Gasteiger partial charge in [-0.1, -0.05) is 12.8 Å². The molecule has 0 spiro atoms. The molecule has 0 bridgehead atoms. The van der Waals surface area contributed by atoms with Crippen molar-refractivity contribution in [1.29, 1.82) is 0 Å². The maximum atomic E-state index is 13.2. The summed E-state index contributed by atoms with van der Waals surface area (Å²) in [5.41, 5.74) is 2.25. The lowest BCUT2D eigenvalue weighted by Gasteiger charge is -2.17. The van der Waals surface area contributed by atoms with Crippen molar-refractivity contribution in [2.75, 3.05) is 11.5 Å². The van der Waals surface area contributed by atoms with Crippen LogP contribution in [0, 0.1) is 6.92 Å². The van der Waals surface area contributed by atoms with Crippen molar-refractivity contribution in [3.05, 3.63) is 23.0 Å². The van der Waals surface area contributed by atoms with Crippen LogP contribution in [0.15, 0.2) is 6.07 Å². The van der Waals surface area contributed by atoms with Gasteiger partial charge in [0.05, 0.1) is 34.2 Å². The van der Waals surface area contributed by atoms with Gasteiger partial charge in [0.15, 0.2) is 21.6 Å². The van der Waals surface area contributed by atoms with Crippen molar-refractivity contribution >= 4 is 32.7 Å². The summed E-state index contributed by atoms with van der Waals surface area (Å²) in [6, 6.07) is 1.61. The second-order valence-corrected chi connectivity index (χ2v) is 11.9. The first-order chi connectivity index (χ1) is 15.7. The van der Waals surface area contributed by atoms with Gasteiger partial charge < -0.3 is 10.1 Å². The van der Waals surface area contributed by atoms with Crippen LogP contribution in [0.3, 0.4) is 0 Å². The van der Waals surface area contributed by atoms with Crippen molar-refractivity contribution in [3.63, 3.8) is 0 Å². The number of carbonyl (C=O) groups is 2. The number of hydrogen-bond donors (Lipinski definition) is 1. The molecule has 0 unspecified atom stereocenters. The van der Waals surface area contributed by atoms with Crippen LogP contribution in [0.2, 0.25) is 0 Å². The van der Waals surface area contributed by atoms with Gasteiger partial charge in [-0.2, -0.15) is 5.10 Å². The highest BCUT2D eigenvalue weighted by molar-refractivity contribution is 7.91. The molecule has 1 saturated heterocycles. The maximum absolute atomic E-state index is 13.2. The molecule has 1 N–H and O–H groups in total. The van der Waals surface area contributed by atoms with E-state index in [0.717, 1.165) is 44.2 Å². The number of sulfone groups is 1. The quantitative estimate of drug-likeness (QED) is 0.639. The van der Waals surface area contributed by atoms with E-state index >= 15 is 0 Å². The van der Waals surface area contributed by atoms with Gasteiger partial charge in [0.2, 0.25) is 0 Å². The number of aromatic nitrogens is 3. The summed E-state index contributed by atoms with van der Waals surface area (Å²) in [7, 11) is -3.10. The number of carbonyl (C=O) groups excluding carboxylic acids is 2. The number of ether oxygens (including phenoxy) is 1. The number of nitrogens with one attached hydrogen (secondary N) is 1. The Morgan fingerprint density at radius 3 is 2.55 bits per heavy atom. The largest absolute Gasteiger partial charge is 0.449 e. The van der Waals surface area contributed by atoms with E-state index in [1.54, 1.807) is 24.6 Å². The Hall–Kier alpha value is -2.49. The van der Waals surface area contributed by atoms with Gasteiger partial charge >= 0.3 is 5.97 Å². The molecule has 3 fully saturated rings. The molecular formula is C23H30N4O5S. The lowest BCUT2D eigenvalue weighted by Crippen LogP contribution is -2.40. The molecule has 5 rings (SSSR count). The fraction of sp³-hybridized carbons (Fsp3) is 0.652. The molecule has 9 nitrogen and oxygen atoms in total. The Morgan fingerprint density at radius 1 is 1.18 bits per heavy atom. The van der Waals surface area contributed by atoms with Gasteiger partial charge in [-0.05, 0) is 52.0 Å². The van der Waals surface area contributed by atoms with Crippen molar-refractivity contribution in [3.8, 4) is 0 Å². The summed E-state index contributed by atoms with van der Waals surface area (Å²) in [6.45, 7) is 3.37. The number of fused-ring (bicyclic) bond motifs is 1. The van der Waals surface area contributed by atoms with E-state index in [2.05, 4.69) is 10.4 Å². The van der Waals surface area contributed by atoms with E-state index in [1.165, 1.54) is 0 Å². The maximum Gasteiger partial charge on any atom is 0.339 e. The minimum Gasteiger partial charge on any atom is -0.449 e. The van der Waals surface area contributed by atoms with Crippen LogP contribution < -0.4 is 5.32 Å². The first-order valence-corrected chi connectivity index (χ1v) is 13.7. The first kappa shape index (κ1) is 22.3.